The number of rotatable bonds is 10. The fraction of sp³-hybridized carbons (Fsp3) is 0.714. The van der Waals surface area contributed by atoms with Gasteiger partial charge in [-0.3, -0.25) is 4.90 Å². The lowest BCUT2D eigenvalue weighted by Crippen LogP contribution is -2.48. The summed E-state index contributed by atoms with van der Waals surface area (Å²) in [6.07, 6.45) is 12.2. The van der Waals surface area contributed by atoms with Crippen LogP contribution < -0.4 is 0 Å². The number of hydrogen-bond donors (Lipinski definition) is 0. The van der Waals surface area contributed by atoms with Gasteiger partial charge in [0.05, 0.1) is 0 Å². The second kappa shape index (κ2) is 10.8. The lowest BCUT2D eigenvalue weighted by Gasteiger charge is -2.34. The summed E-state index contributed by atoms with van der Waals surface area (Å²) in [7, 11) is 0. The molecule has 1 heterocycles. The third-order valence-electron chi connectivity index (χ3n) is 4.79. The fourth-order valence-electron chi connectivity index (χ4n) is 2.96. The smallest absolute Gasteiger partial charge is 0.125 e. The molecule has 1 rings (SSSR count). The molecule has 1 nitrogen and oxygen atoms in total. The molecule has 0 aromatic heterocycles. The molecule has 0 amide bonds. The lowest BCUT2D eigenvalue weighted by molar-refractivity contribution is 0.0754. The van der Waals surface area contributed by atoms with Crippen LogP contribution in [0.5, 0.6) is 0 Å². The molecule has 1 fully saturated rings. The maximum atomic E-state index is 13.0. The van der Waals surface area contributed by atoms with E-state index in [4.69, 9.17) is 0 Å². The molecule has 1 atom stereocenters. The Balaban J connectivity index is 2.90. The largest absolute Gasteiger partial charge is 0.293 e. The molecule has 1 saturated heterocycles. The van der Waals surface area contributed by atoms with Crippen molar-refractivity contribution >= 4 is 0 Å². The third kappa shape index (κ3) is 7.03. The molecule has 23 heavy (non-hydrogen) atoms. The summed E-state index contributed by atoms with van der Waals surface area (Å²) in [6, 6.07) is 0. The van der Waals surface area contributed by atoms with E-state index < -0.39 is 6.17 Å². The number of likely N-dealkylation sites (tertiary alicyclic amines) is 1. The lowest BCUT2D eigenvalue weighted by atomic mass is 9.90. The van der Waals surface area contributed by atoms with Crippen molar-refractivity contribution in [1.29, 1.82) is 0 Å². The van der Waals surface area contributed by atoms with Crippen molar-refractivity contribution < 1.29 is 4.39 Å². The normalized spacial score (nSPS) is 19.8. The van der Waals surface area contributed by atoms with Crippen LogP contribution in [0.4, 0.5) is 4.39 Å². The van der Waals surface area contributed by atoms with Gasteiger partial charge in [0.15, 0.2) is 0 Å². The predicted octanol–water partition coefficient (Wildman–Crippen LogP) is 6.09. The number of nitrogens with zero attached hydrogens (tertiary/aromatic N) is 1. The van der Waals surface area contributed by atoms with Crippen molar-refractivity contribution in [2.24, 2.45) is 5.92 Å². The Morgan fingerprint density at radius 1 is 1.22 bits per heavy atom. The van der Waals surface area contributed by atoms with E-state index in [9.17, 15) is 4.39 Å². The Kier molecular flexibility index (Phi) is 9.47. The maximum Gasteiger partial charge on any atom is 0.125 e. The average molecular weight is 322 g/mol. The maximum absolute atomic E-state index is 13.0. The molecular formula is C21H36FN. The Hall–Kier alpha value is -0.890. The monoisotopic (exact) mass is 321 g/mol. The molecular weight excluding hydrogens is 285 g/mol. The first-order valence-corrected chi connectivity index (χ1v) is 9.45. The van der Waals surface area contributed by atoms with Gasteiger partial charge >= 0.3 is 0 Å². The van der Waals surface area contributed by atoms with Crippen LogP contribution in [0.1, 0.15) is 66.7 Å². The number of unbranched alkanes of at least 4 members (excludes halogenated alkanes) is 1. The summed E-state index contributed by atoms with van der Waals surface area (Å²) in [5.74, 6) is 0.704. The first kappa shape index (κ1) is 20.2. The fourth-order valence-corrected chi connectivity index (χ4v) is 2.96. The molecule has 0 N–H and O–H groups in total. The van der Waals surface area contributed by atoms with Gasteiger partial charge in [-0.1, -0.05) is 58.8 Å². The Labute approximate surface area is 143 Å². The average Bonchev–Trinajstić information content (AvgIpc) is 2.52. The number of allylic oxidation sites excluding steroid dienone is 4. The second-order valence-corrected chi connectivity index (χ2v) is 6.91. The van der Waals surface area contributed by atoms with Gasteiger partial charge < -0.3 is 0 Å². The quantitative estimate of drug-likeness (QED) is 0.440. The zero-order valence-electron chi connectivity index (χ0n) is 15.9. The molecule has 0 aromatic carbocycles. The molecule has 1 unspecified atom stereocenters. The van der Waals surface area contributed by atoms with Crippen LogP contribution >= 0.6 is 0 Å². The predicted molar refractivity (Wildman–Crippen MR) is 101 cm³/mol. The highest BCUT2D eigenvalue weighted by Gasteiger charge is 2.26. The summed E-state index contributed by atoms with van der Waals surface area (Å²) in [6.45, 7) is 13.3. The Morgan fingerprint density at radius 2 is 1.91 bits per heavy atom. The van der Waals surface area contributed by atoms with Crippen LogP contribution in [-0.4, -0.2) is 30.7 Å². The van der Waals surface area contributed by atoms with Crippen molar-refractivity contribution in [2.45, 2.75) is 72.9 Å². The Morgan fingerprint density at radius 3 is 2.39 bits per heavy atom. The van der Waals surface area contributed by atoms with Gasteiger partial charge in [0.25, 0.3) is 0 Å². The number of alkyl halides is 1. The first-order valence-electron chi connectivity index (χ1n) is 9.45. The summed E-state index contributed by atoms with van der Waals surface area (Å²) in [4.78, 5) is 2.19. The van der Waals surface area contributed by atoms with E-state index in [1.807, 2.05) is 0 Å². The van der Waals surface area contributed by atoms with E-state index in [2.05, 4.69) is 57.7 Å². The molecule has 0 saturated carbocycles. The van der Waals surface area contributed by atoms with Crippen molar-refractivity contribution in [3.63, 3.8) is 0 Å². The minimum Gasteiger partial charge on any atom is -0.293 e. The van der Waals surface area contributed by atoms with Crippen LogP contribution in [0.3, 0.4) is 0 Å². The van der Waals surface area contributed by atoms with E-state index in [0.29, 0.717) is 19.0 Å². The topological polar surface area (TPSA) is 3.24 Å². The minimum atomic E-state index is -0.618. The molecule has 1 aliphatic rings. The van der Waals surface area contributed by atoms with Crippen LogP contribution in [0.25, 0.3) is 0 Å². The van der Waals surface area contributed by atoms with Gasteiger partial charge in [0.1, 0.15) is 6.17 Å². The second-order valence-electron chi connectivity index (χ2n) is 6.91. The van der Waals surface area contributed by atoms with Crippen molar-refractivity contribution in [3.05, 3.63) is 34.9 Å². The van der Waals surface area contributed by atoms with Gasteiger partial charge in [-0.25, -0.2) is 4.39 Å². The van der Waals surface area contributed by atoms with E-state index in [0.717, 1.165) is 25.8 Å². The summed E-state index contributed by atoms with van der Waals surface area (Å²) < 4.78 is 13.0. The zero-order valence-corrected chi connectivity index (χ0v) is 15.9. The highest BCUT2D eigenvalue weighted by atomic mass is 19.1. The standard InChI is InChI=1S/C21H36FN/c1-6-10-11-19(9-4)20(12-17(5)7-2)13-18(8-3)14-23-15-21(22)16-23/h8,11,13,17,21H,6-7,9-10,12,14-16H2,1-5H3/b18-8+,19-11+,20-13-. The molecule has 0 bridgehead atoms. The number of hydrogen-bond acceptors (Lipinski definition) is 1. The van der Waals surface area contributed by atoms with E-state index in [1.54, 1.807) is 0 Å². The van der Waals surface area contributed by atoms with E-state index in [1.165, 1.54) is 29.6 Å². The summed E-state index contributed by atoms with van der Waals surface area (Å²) >= 11 is 0. The molecule has 0 spiro atoms. The SMILES string of the molecule is C\C=C(/C=C(CC(C)CC)\C(=C\CCC)CC)CN1CC(F)C1. The van der Waals surface area contributed by atoms with Crippen LogP contribution in [-0.2, 0) is 0 Å². The summed E-state index contributed by atoms with van der Waals surface area (Å²) in [5, 5.41) is 0. The molecule has 0 radical (unpaired) electrons. The minimum absolute atomic E-state index is 0.595. The van der Waals surface area contributed by atoms with Crippen LogP contribution in [0, 0.1) is 5.92 Å². The third-order valence-corrected chi connectivity index (χ3v) is 4.79. The molecule has 1 aliphatic heterocycles. The molecule has 0 aromatic rings. The molecule has 2 heteroatoms. The van der Waals surface area contributed by atoms with Gasteiger partial charge in [0, 0.05) is 19.6 Å². The van der Waals surface area contributed by atoms with E-state index in [-0.39, 0.29) is 0 Å². The van der Waals surface area contributed by atoms with Crippen molar-refractivity contribution in [1.82, 2.24) is 4.90 Å². The highest BCUT2D eigenvalue weighted by molar-refractivity contribution is 5.38. The van der Waals surface area contributed by atoms with Crippen LogP contribution in [0.15, 0.2) is 34.9 Å². The molecule has 132 valence electrons. The van der Waals surface area contributed by atoms with Gasteiger partial charge in [0.2, 0.25) is 0 Å². The van der Waals surface area contributed by atoms with Gasteiger partial charge in [-0.05, 0) is 48.8 Å². The highest BCUT2D eigenvalue weighted by Crippen LogP contribution is 2.26. The van der Waals surface area contributed by atoms with E-state index >= 15 is 0 Å². The Bertz CT molecular complexity index is 427. The number of halogens is 1. The molecule has 0 aliphatic carbocycles. The van der Waals surface area contributed by atoms with Crippen LogP contribution in [0.2, 0.25) is 0 Å². The van der Waals surface area contributed by atoms with Gasteiger partial charge in [-0.15, -0.1) is 0 Å². The van der Waals surface area contributed by atoms with Crippen molar-refractivity contribution in [3.8, 4) is 0 Å². The zero-order chi connectivity index (χ0) is 17.2. The first-order chi connectivity index (χ1) is 11.0. The van der Waals surface area contributed by atoms with Gasteiger partial charge in [-0.2, -0.15) is 0 Å². The summed E-state index contributed by atoms with van der Waals surface area (Å²) in [5.41, 5.74) is 4.31. The van der Waals surface area contributed by atoms with Crippen molar-refractivity contribution in [2.75, 3.05) is 19.6 Å².